The highest BCUT2D eigenvalue weighted by Gasteiger charge is 2.22. The fourth-order valence-corrected chi connectivity index (χ4v) is 8.42. The van der Waals surface area contributed by atoms with Gasteiger partial charge in [-0.1, -0.05) is 158 Å². The van der Waals surface area contributed by atoms with E-state index >= 15 is 0 Å². The first-order valence-corrected chi connectivity index (χ1v) is 19.0. The number of benzene rings is 8. The molecule has 0 radical (unpaired) electrons. The van der Waals surface area contributed by atoms with Crippen molar-refractivity contribution in [3.05, 3.63) is 206 Å². The van der Waals surface area contributed by atoms with Gasteiger partial charge in [0.2, 0.25) is 0 Å². The van der Waals surface area contributed by atoms with Crippen LogP contribution < -0.4 is 0 Å². The lowest BCUT2D eigenvalue weighted by Crippen LogP contribution is -2.00. The number of aromatic nitrogens is 4. The normalized spacial score (nSPS) is 11.6. The lowest BCUT2D eigenvalue weighted by Gasteiger charge is -2.17. The molecule has 11 rings (SSSR count). The summed E-state index contributed by atoms with van der Waals surface area (Å²) in [4.78, 5) is 10.3. The highest BCUT2D eigenvalue weighted by atomic mass is 15.0. The molecule has 11 aromatic rings. The van der Waals surface area contributed by atoms with Crippen LogP contribution in [0.15, 0.2) is 206 Å². The Kier molecular flexibility index (Phi) is 7.46. The van der Waals surface area contributed by atoms with Crippen molar-refractivity contribution in [2.24, 2.45) is 0 Å². The van der Waals surface area contributed by atoms with Gasteiger partial charge in [0.25, 0.3) is 0 Å². The highest BCUT2D eigenvalue weighted by Crippen LogP contribution is 2.44. The Bertz CT molecular complexity index is 3160. The SMILES string of the molecule is c1ccc(-c2cc(-c3ccc(-n4c5ccccc5c5c4ccc4c6ccccc6n(-c6ccccc6)c45)c(-c4ccccc4)c3)nc(-c3ccccc3)n2)cc1. The fraction of sp³-hybridized carbons (Fsp3) is 0. The smallest absolute Gasteiger partial charge is 0.160 e. The molecule has 4 heteroatoms. The topological polar surface area (TPSA) is 35.6 Å². The first-order valence-electron chi connectivity index (χ1n) is 19.0. The Morgan fingerprint density at radius 3 is 1.59 bits per heavy atom. The molecule has 0 spiro atoms. The van der Waals surface area contributed by atoms with Gasteiger partial charge in [0, 0.05) is 49.5 Å². The van der Waals surface area contributed by atoms with Crippen molar-refractivity contribution in [1.29, 1.82) is 0 Å². The van der Waals surface area contributed by atoms with E-state index in [-0.39, 0.29) is 0 Å². The van der Waals surface area contributed by atoms with Crippen molar-refractivity contribution < 1.29 is 0 Å². The second kappa shape index (κ2) is 13.1. The molecule has 56 heavy (non-hydrogen) atoms. The summed E-state index contributed by atoms with van der Waals surface area (Å²) in [5.74, 6) is 0.701. The molecular weight excluding hydrogens is 681 g/mol. The number of hydrogen-bond acceptors (Lipinski definition) is 2. The summed E-state index contributed by atoms with van der Waals surface area (Å²) in [5, 5.41) is 4.93. The maximum absolute atomic E-state index is 5.20. The average molecular weight is 715 g/mol. The van der Waals surface area contributed by atoms with E-state index in [1.165, 1.54) is 32.6 Å². The van der Waals surface area contributed by atoms with Crippen LogP contribution in [-0.2, 0) is 0 Å². The molecule has 0 atom stereocenters. The molecule has 0 aliphatic heterocycles. The standard InChI is InChI=1S/C52H34N4/c1-5-17-35(18-6-1)43-33-38(45-34-44(36-19-7-2-8-20-36)53-52(54-45)37-21-9-3-10-22-37)29-31-48(43)56-47-28-16-14-26-42(47)50-49(56)32-30-41-40-25-13-15-27-46(40)55(51(41)50)39-23-11-4-12-24-39/h1-34H. The molecule has 0 saturated heterocycles. The summed E-state index contributed by atoms with van der Waals surface area (Å²) in [6.07, 6.45) is 0. The van der Waals surface area contributed by atoms with Crippen LogP contribution in [0.4, 0.5) is 0 Å². The second-order valence-electron chi connectivity index (χ2n) is 14.2. The molecule has 0 aliphatic rings. The molecule has 0 bridgehead atoms. The van der Waals surface area contributed by atoms with Crippen molar-refractivity contribution in [1.82, 2.24) is 19.1 Å². The third-order valence-electron chi connectivity index (χ3n) is 10.9. The van der Waals surface area contributed by atoms with Gasteiger partial charge < -0.3 is 9.13 Å². The van der Waals surface area contributed by atoms with Crippen LogP contribution in [0.5, 0.6) is 0 Å². The number of hydrogen-bond donors (Lipinski definition) is 0. The molecule has 0 fully saturated rings. The third-order valence-corrected chi connectivity index (χ3v) is 10.9. The van der Waals surface area contributed by atoms with Gasteiger partial charge in [-0.05, 0) is 54.1 Å². The maximum Gasteiger partial charge on any atom is 0.160 e. The van der Waals surface area contributed by atoms with Gasteiger partial charge in [-0.25, -0.2) is 9.97 Å². The van der Waals surface area contributed by atoms with Crippen LogP contribution in [0.2, 0.25) is 0 Å². The van der Waals surface area contributed by atoms with Gasteiger partial charge in [0.05, 0.1) is 39.1 Å². The van der Waals surface area contributed by atoms with Crippen LogP contribution in [0, 0.1) is 0 Å². The van der Waals surface area contributed by atoms with Crippen LogP contribution in [0.25, 0.3) is 100 Å². The summed E-state index contributed by atoms with van der Waals surface area (Å²) < 4.78 is 4.89. The summed E-state index contributed by atoms with van der Waals surface area (Å²) >= 11 is 0. The van der Waals surface area contributed by atoms with Crippen molar-refractivity contribution in [2.75, 3.05) is 0 Å². The van der Waals surface area contributed by atoms with E-state index in [1.807, 2.05) is 24.3 Å². The molecule has 0 unspecified atom stereocenters. The molecule has 3 heterocycles. The van der Waals surface area contributed by atoms with Gasteiger partial charge in [-0.3, -0.25) is 0 Å². The van der Waals surface area contributed by atoms with Crippen LogP contribution in [-0.4, -0.2) is 19.1 Å². The first kappa shape index (κ1) is 31.9. The largest absolute Gasteiger partial charge is 0.309 e. The van der Waals surface area contributed by atoms with Crippen molar-refractivity contribution in [3.8, 4) is 56.4 Å². The summed E-state index contributed by atoms with van der Waals surface area (Å²) in [7, 11) is 0. The maximum atomic E-state index is 5.20. The Labute approximate surface area is 324 Å². The van der Waals surface area contributed by atoms with Gasteiger partial charge in [0.15, 0.2) is 5.82 Å². The Morgan fingerprint density at radius 2 is 0.893 bits per heavy atom. The molecule has 0 aliphatic carbocycles. The Balaban J connectivity index is 1.20. The molecular formula is C52H34N4. The third kappa shape index (κ3) is 5.15. The van der Waals surface area contributed by atoms with E-state index < -0.39 is 0 Å². The van der Waals surface area contributed by atoms with Gasteiger partial charge >= 0.3 is 0 Å². The first-order chi connectivity index (χ1) is 27.8. The predicted octanol–water partition coefficient (Wildman–Crippen LogP) is 13.3. The number of rotatable bonds is 6. The molecule has 262 valence electrons. The van der Waals surface area contributed by atoms with E-state index in [1.54, 1.807) is 0 Å². The molecule has 8 aromatic carbocycles. The molecule has 4 nitrogen and oxygen atoms in total. The van der Waals surface area contributed by atoms with E-state index in [0.717, 1.165) is 61.6 Å². The van der Waals surface area contributed by atoms with Crippen molar-refractivity contribution in [2.45, 2.75) is 0 Å². The zero-order valence-corrected chi connectivity index (χ0v) is 30.4. The highest BCUT2D eigenvalue weighted by molar-refractivity contribution is 6.26. The average Bonchev–Trinajstić information content (AvgIpc) is 3.80. The minimum Gasteiger partial charge on any atom is -0.309 e. The van der Waals surface area contributed by atoms with Crippen LogP contribution in [0.1, 0.15) is 0 Å². The summed E-state index contributed by atoms with van der Waals surface area (Å²) in [6.45, 7) is 0. The zero-order valence-electron chi connectivity index (χ0n) is 30.4. The number of fused-ring (bicyclic) bond motifs is 7. The lowest BCUT2D eigenvalue weighted by atomic mass is 9.98. The minimum absolute atomic E-state index is 0.701. The quantitative estimate of drug-likeness (QED) is 0.172. The van der Waals surface area contributed by atoms with Crippen LogP contribution in [0.3, 0.4) is 0 Å². The molecule has 3 aromatic heterocycles. The van der Waals surface area contributed by atoms with Gasteiger partial charge in [-0.2, -0.15) is 0 Å². The van der Waals surface area contributed by atoms with Gasteiger partial charge in [0.1, 0.15) is 0 Å². The molecule has 0 N–H and O–H groups in total. The summed E-state index contributed by atoms with van der Waals surface area (Å²) in [5.41, 5.74) is 14.1. The lowest BCUT2D eigenvalue weighted by molar-refractivity contribution is 1.17. The summed E-state index contributed by atoms with van der Waals surface area (Å²) in [6, 6.07) is 73.2. The van der Waals surface area contributed by atoms with E-state index in [4.69, 9.17) is 9.97 Å². The van der Waals surface area contributed by atoms with Crippen LogP contribution >= 0.6 is 0 Å². The van der Waals surface area contributed by atoms with Gasteiger partial charge in [-0.15, -0.1) is 0 Å². The monoisotopic (exact) mass is 714 g/mol. The van der Waals surface area contributed by atoms with E-state index in [9.17, 15) is 0 Å². The Morgan fingerprint density at radius 1 is 0.339 bits per heavy atom. The zero-order chi connectivity index (χ0) is 37.0. The predicted molar refractivity (Wildman–Crippen MR) is 232 cm³/mol. The Hall–Kier alpha value is -7.56. The number of para-hydroxylation sites is 3. The number of nitrogens with zero attached hydrogens (tertiary/aromatic N) is 4. The van der Waals surface area contributed by atoms with E-state index in [0.29, 0.717) is 5.82 Å². The second-order valence-corrected chi connectivity index (χ2v) is 14.2. The van der Waals surface area contributed by atoms with Crippen molar-refractivity contribution in [3.63, 3.8) is 0 Å². The van der Waals surface area contributed by atoms with Crippen molar-refractivity contribution >= 4 is 43.6 Å². The molecule has 0 amide bonds. The van der Waals surface area contributed by atoms with E-state index in [2.05, 4.69) is 191 Å². The fourth-order valence-electron chi connectivity index (χ4n) is 8.42. The molecule has 0 saturated carbocycles. The minimum atomic E-state index is 0.701.